The molecule has 3 aromatic carbocycles. The Labute approximate surface area is 204 Å². The molecule has 0 aliphatic rings. The Hall–Kier alpha value is -3.10. The van der Waals surface area contributed by atoms with E-state index in [-0.39, 0.29) is 24.9 Å². The Morgan fingerprint density at radius 1 is 1.15 bits per heavy atom. The van der Waals surface area contributed by atoms with Crippen LogP contribution in [0.15, 0.2) is 70.2 Å². The lowest BCUT2D eigenvalue weighted by atomic mass is 10.2. The van der Waals surface area contributed by atoms with Crippen LogP contribution in [0, 0.1) is 5.82 Å². The van der Waals surface area contributed by atoms with E-state index in [1.165, 1.54) is 18.3 Å². The molecule has 0 aliphatic heterocycles. The van der Waals surface area contributed by atoms with Gasteiger partial charge in [-0.15, -0.1) is 0 Å². The molecule has 0 saturated heterocycles. The third kappa shape index (κ3) is 7.47. The zero-order valence-corrected chi connectivity index (χ0v) is 20.1. The third-order valence-corrected chi connectivity index (χ3v) is 5.32. The highest BCUT2D eigenvalue weighted by atomic mass is 79.9. The largest absolute Gasteiger partial charge is 0.490 e. The van der Waals surface area contributed by atoms with Crippen molar-refractivity contribution in [1.82, 2.24) is 5.43 Å². The van der Waals surface area contributed by atoms with Gasteiger partial charge in [0, 0.05) is 16.3 Å². The Balaban J connectivity index is 1.61. The van der Waals surface area contributed by atoms with Crippen LogP contribution < -0.4 is 20.2 Å². The van der Waals surface area contributed by atoms with Crippen molar-refractivity contribution in [1.29, 1.82) is 0 Å². The summed E-state index contributed by atoms with van der Waals surface area (Å²) in [7, 11) is 0. The normalized spacial score (nSPS) is 10.8. The van der Waals surface area contributed by atoms with Crippen LogP contribution in [0.3, 0.4) is 0 Å². The van der Waals surface area contributed by atoms with Crippen molar-refractivity contribution >= 4 is 45.3 Å². The summed E-state index contributed by atoms with van der Waals surface area (Å²) in [5.41, 5.74) is 4.63. The number of benzene rings is 3. The second-order valence-corrected chi connectivity index (χ2v) is 8.06. The Morgan fingerprint density at radius 2 is 1.91 bits per heavy atom. The Bertz CT molecular complexity index is 1130. The summed E-state index contributed by atoms with van der Waals surface area (Å²) in [6.45, 7) is 2.59. The number of carbonyl (C=O) groups is 1. The molecule has 2 N–H and O–H groups in total. The average molecular weight is 535 g/mol. The van der Waals surface area contributed by atoms with Crippen molar-refractivity contribution in [3.8, 4) is 11.5 Å². The minimum Gasteiger partial charge on any atom is -0.490 e. The molecule has 0 aliphatic carbocycles. The molecule has 0 spiro atoms. The summed E-state index contributed by atoms with van der Waals surface area (Å²) in [4.78, 5) is 12.0. The van der Waals surface area contributed by atoms with E-state index < -0.39 is 0 Å². The number of nitrogens with one attached hydrogen (secondary N) is 2. The van der Waals surface area contributed by atoms with Gasteiger partial charge in [-0.2, -0.15) is 5.10 Å². The highest BCUT2D eigenvalue weighted by Crippen LogP contribution is 2.37. The molecule has 33 heavy (non-hydrogen) atoms. The summed E-state index contributed by atoms with van der Waals surface area (Å²) >= 11 is 9.72. The molecule has 3 aromatic rings. The first-order valence-corrected chi connectivity index (χ1v) is 11.3. The molecule has 0 unspecified atom stereocenters. The molecular weight excluding hydrogens is 513 g/mol. The van der Waals surface area contributed by atoms with Crippen LogP contribution in [0.5, 0.6) is 11.5 Å². The highest BCUT2D eigenvalue weighted by Gasteiger charge is 2.13. The first-order valence-electron chi connectivity index (χ1n) is 10.1. The van der Waals surface area contributed by atoms with Gasteiger partial charge in [0.25, 0.3) is 5.91 Å². The summed E-state index contributed by atoms with van der Waals surface area (Å²) in [5.74, 6) is 0.387. The molecule has 0 fully saturated rings. The second-order valence-electron chi connectivity index (χ2n) is 6.80. The van der Waals surface area contributed by atoms with Gasteiger partial charge in [-0.05, 0) is 70.9 Å². The van der Waals surface area contributed by atoms with Gasteiger partial charge in [0.1, 0.15) is 12.4 Å². The lowest BCUT2D eigenvalue weighted by Gasteiger charge is -2.15. The maximum Gasteiger partial charge on any atom is 0.259 e. The van der Waals surface area contributed by atoms with Gasteiger partial charge in [0.2, 0.25) is 0 Å². The molecule has 172 valence electrons. The minimum atomic E-state index is -0.348. The number of hydrazone groups is 1. The summed E-state index contributed by atoms with van der Waals surface area (Å²) in [5, 5.41) is 7.50. The Morgan fingerprint density at radius 3 is 2.64 bits per heavy atom. The van der Waals surface area contributed by atoms with E-state index in [1.54, 1.807) is 24.3 Å². The number of ether oxygens (including phenoxy) is 2. The van der Waals surface area contributed by atoms with Crippen LogP contribution in [0.1, 0.15) is 18.1 Å². The van der Waals surface area contributed by atoms with E-state index >= 15 is 0 Å². The monoisotopic (exact) mass is 533 g/mol. The highest BCUT2D eigenvalue weighted by molar-refractivity contribution is 9.10. The predicted molar refractivity (Wildman–Crippen MR) is 132 cm³/mol. The van der Waals surface area contributed by atoms with E-state index in [9.17, 15) is 9.18 Å². The topological polar surface area (TPSA) is 72.0 Å². The lowest BCUT2D eigenvalue weighted by molar-refractivity contribution is -0.119. The molecule has 0 saturated carbocycles. The molecule has 3 rings (SSSR count). The van der Waals surface area contributed by atoms with Crippen molar-refractivity contribution in [2.75, 3.05) is 18.5 Å². The smallest absolute Gasteiger partial charge is 0.259 e. The van der Waals surface area contributed by atoms with Gasteiger partial charge in [0.15, 0.2) is 11.5 Å². The molecule has 0 radical (unpaired) electrons. The molecule has 0 atom stereocenters. The van der Waals surface area contributed by atoms with Crippen LogP contribution >= 0.6 is 27.5 Å². The number of halogens is 3. The number of nitrogens with zero attached hydrogens (tertiary/aromatic N) is 1. The van der Waals surface area contributed by atoms with Crippen molar-refractivity contribution in [2.24, 2.45) is 5.10 Å². The second kappa shape index (κ2) is 12.2. The minimum absolute atomic E-state index is 0.00825. The van der Waals surface area contributed by atoms with E-state index in [0.717, 1.165) is 5.56 Å². The van der Waals surface area contributed by atoms with Gasteiger partial charge in [-0.1, -0.05) is 29.8 Å². The maximum atomic E-state index is 12.9. The van der Waals surface area contributed by atoms with Crippen molar-refractivity contribution in [2.45, 2.75) is 13.5 Å². The fourth-order valence-corrected chi connectivity index (χ4v) is 3.56. The molecule has 0 heterocycles. The van der Waals surface area contributed by atoms with E-state index in [4.69, 9.17) is 21.1 Å². The molecule has 9 heteroatoms. The van der Waals surface area contributed by atoms with Crippen LogP contribution in [-0.4, -0.2) is 25.3 Å². The lowest BCUT2D eigenvalue weighted by Crippen LogP contribution is -2.25. The zero-order chi connectivity index (χ0) is 23.6. The number of hydrogen-bond acceptors (Lipinski definition) is 5. The number of carbonyl (C=O) groups excluding carboxylic acids is 1. The van der Waals surface area contributed by atoms with Crippen molar-refractivity contribution in [3.05, 3.63) is 87.1 Å². The van der Waals surface area contributed by atoms with E-state index in [1.807, 2.05) is 31.2 Å². The van der Waals surface area contributed by atoms with Gasteiger partial charge < -0.3 is 14.8 Å². The molecule has 6 nitrogen and oxygen atoms in total. The SMILES string of the molecule is CCOc1cc(/C=N\NC(=O)CNc2ccc(F)cc2)cc(Br)c1OCc1ccccc1Cl. The van der Waals surface area contributed by atoms with Crippen LogP contribution in [-0.2, 0) is 11.4 Å². The zero-order valence-electron chi connectivity index (χ0n) is 17.8. The molecule has 0 bridgehead atoms. The predicted octanol–water partition coefficient (Wildman–Crippen LogP) is 5.78. The van der Waals surface area contributed by atoms with Gasteiger partial charge in [-0.3, -0.25) is 4.79 Å². The quantitative estimate of drug-likeness (QED) is 0.255. The van der Waals surface area contributed by atoms with E-state index in [2.05, 4.69) is 31.8 Å². The van der Waals surface area contributed by atoms with Crippen LogP contribution in [0.2, 0.25) is 5.02 Å². The van der Waals surface area contributed by atoms with Crippen LogP contribution in [0.25, 0.3) is 0 Å². The third-order valence-electron chi connectivity index (χ3n) is 4.36. The molecular formula is C24H22BrClFN3O3. The summed E-state index contributed by atoms with van der Waals surface area (Å²) < 4.78 is 25.3. The van der Waals surface area contributed by atoms with Gasteiger partial charge >= 0.3 is 0 Å². The van der Waals surface area contributed by atoms with Crippen molar-refractivity contribution < 1.29 is 18.7 Å². The van der Waals surface area contributed by atoms with Crippen molar-refractivity contribution in [3.63, 3.8) is 0 Å². The first-order chi connectivity index (χ1) is 16.0. The fraction of sp³-hybridized carbons (Fsp3) is 0.167. The standard InChI is InChI=1S/C24H22BrClFN3O3/c1-2-32-22-12-16(11-20(25)24(22)33-15-17-5-3-4-6-21(17)26)13-29-30-23(31)14-28-19-9-7-18(27)8-10-19/h3-13,28H,2,14-15H2,1H3,(H,30,31)/b29-13-. The summed E-state index contributed by atoms with van der Waals surface area (Å²) in [6.07, 6.45) is 1.50. The van der Waals surface area contributed by atoms with E-state index in [0.29, 0.717) is 38.9 Å². The maximum absolute atomic E-state index is 12.9. The molecule has 1 amide bonds. The average Bonchev–Trinajstić information content (AvgIpc) is 2.79. The van der Waals surface area contributed by atoms with Crippen LogP contribution in [0.4, 0.5) is 10.1 Å². The molecule has 0 aromatic heterocycles. The number of rotatable bonds is 10. The first kappa shape index (κ1) is 24.5. The number of amides is 1. The summed E-state index contributed by atoms with van der Waals surface area (Å²) in [6, 6.07) is 16.8. The van der Waals surface area contributed by atoms with Gasteiger partial charge in [-0.25, -0.2) is 9.82 Å². The fourth-order valence-electron chi connectivity index (χ4n) is 2.80. The Kier molecular flexibility index (Phi) is 9.09. The number of hydrogen-bond donors (Lipinski definition) is 2. The number of anilines is 1. The van der Waals surface area contributed by atoms with Gasteiger partial charge in [0.05, 0.1) is 23.8 Å².